The Bertz CT molecular complexity index is 376. The molecule has 0 spiro atoms. The highest BCUT2D eigenvalue weighted by atomic mass is 32.2. The number of thioether (sulfide) groups is 1. The van der Waals surface area contributed by atoms with Crippen LogP contribution in [0.2, 0.25) is 0 Å². The molecular formula is C15H26N2O3S. The van der Waals surface area contributed by atoms with E-state index in [0.717, 1.165) is 25.8 Å². The predicted molar refractivity (Wildman–Crippen MR) is 84.1 cm³/mol. The monoisotopic (exact) mass is 314 g/mol. The quantitative estimate of drug-likeness (QED) is 0.749. The Morgan fingerprint density at radius 2 is 2.24 bits per heavy atom. The molecule has 0 saturated carbocycles. The van der Waals surface area contributed by atoms with Crippen molar-refractivity contribution < 1.29 is 14.3 Å². The third kappa shape index (κ3) is 4.88. The van der Waals surface area contributed by atoms with Crippen LogP contribution in [0, 0.1) is 0 Å². The molecule has 0 aromatic heterocycles. The minimum absolute atomic E-state index is 0.0880. The van der Waals surface area contributed by atoms with E-state index >= 15 is 0 Å². The van der Waals surface area contributed by atoms with E-state index in [1.165, 1.54) is 6.42 Å². The fourth-order valence-electron chi connectivity index (χ4n) is 2.86. The predicted octanol–water partition coefficient (Wildman–Crippen LogP) is 1.72. The lowest BCUT2D eigenvalue weighted by molar-refractivity contribution is -0.141. The minimum atomic E-state index is 0.0880. The van der Waals surface area contributed by atoms with Crippen molar-refractivity contribution in [2.24, 2.45) is 0 Å². The molecule has 2 heterocycles. The molecule has 2 aliphatic heterocycles. The molecule has 0 unspecified atom stereocenters. The van der Waals surface area contributed by atoms with Crippen LogP contribution in [0.5, 0.6) is 0 Å². The van der Waals surface area contributed by atoms with Crippen LogP contribution in [-0.4, -0.2) is 65.1 Å². The normalized spacial score (nSPS) is 23.2. The molecule has 0 N–H and O–H groups in total. The maximum Gasteiger partial charge on any atom is 0.242 e. The van der Waals surface area contributed by atoms with Gasteiger partial charge in [-0.25, -0.2) is 0 Å². The third-order valence-corrected chi connectivity index (χ3v) is 4.95. The van der Waals surface area contributed by atoms with Gasteiger partial charge in [0.1, 0.15) is 6.54 Å². The van der Waals surface area contributed by atoms with Gasteiger partial charge in [-0.2, -0.15) is 0 Å². The third-order valence-electron chi connectivity index (χ3n) is 4.00. The standard InChI is InChI=1S/C15H26N2O3S/c1-12(2)20-8-6-13-5-3-4-7-17(13)14(18)9-16-11-21-10-15(16)19/h12-13H,3-11H2,1-2H3/t13-/m0/s1. The first kappa shape index (κ1) is 16.6. The van der Waals surface area contributed by atoms with Crippen LogP contribution in [0.15, 0.2) is 0 Å². The number of piperidine rings is 1. The summed E-state index contributed by atoms with van der Waals surface area (Å²) < 4.78 is 5.62. The number of nitrogens with zero attached hydrogens (tertiary/aromatic N) is 2. The lowest BCUT2D eigenvalue weighted by Gasteiger charge is -2.36. The van der Waals surface area contributed by atoms with Gasteiger partial charge in [-0.3, -0.25) is 9.59 Å². The van der Waals surface area contributed by atoms with Crippen molar-refractivity contribution in [2.45, 2.75) is 51.7 Å². The average Bonchev–Trinajstić information content (AvgIpc) is 2.84. The summed E-state index contributed by atoms with van der Waals surface area (Å²) in [7, 11) is 0. The number of rotatable bonds is 6. The van der Waals surface area contributed by atoms with Gasteiger partial charge in [0.2, 0.25) is 11.8 Å². The fraction of sp³-hybridized carbons (Fsp3) is 0.867. The smallest absolute Gasteiger partial charge is 0.242 e. The van der Waals surface area contributed by atoms with Gasteiger partial charge in [0.05, 0.1) is 17.7 Å². The van der Waals surface area contributed by atoms with Crippen molar-refractivity contribution in [3.05, 3.63) is 0 Å². The van der Waals surface area contributed by atoms with Gasteiger partial charge in [0, 0.05) is 19.2 Å². The van der Waals surface area contributed by atoms with Gasteiger partial charge >= 0.3 is 0 Å². The number of carbonyl (C=O) groups is 2. The lowest BCUT2D eigenvalue weighted by atomic mass is 9.99. The zero-order chi connectivity index (χ0) is 15.2. The first-order chi connectivity index (χ1) is 10.1. The molecule has 0 aliphatic carbocycles. The lowest BCUT2D eigenvalue weighted by Crippen LogP contribution is -2.48. The van der Waals surface area contributed by atoms with Gasteiger partial charge < -0.3 is 14.5 Å². The molecule has 6 heteroatoms. The van der Waals surface area contributed by atoms with E-state index in [9.17, 15) is 9.59 Å². The largest absolute Gasteiger partial charge is 0.379 e. The van der Waals surface area contributed by atoms with E-state index in [1.807, 2.05) is 18.7 Å². The first-order valence-corrected chi connectivity index (χ1v) is 9.00. The molecule has 0 aromatic rings. The Labute approximate surface area is 131 Å². The van der Waals surface area contributed by atoms with Crippen molar-refractivity contribution >= 4 is 23.6 Å². The Morgan fingerprint density at radius 3 is 2.90 bits per heavy atom. The zero-order valence-corrected chi connectivity index (χ0v) is 13.9. The van der Waals surface area contributed by atoms with Crippen LogP contribution in [0.25, 0.3) is 0 Å². The van der Waals surface area contributed by atoms with E-state index in [0.29, 0.717) is 18.2 Å². The molecule has 0 bridgehead atoms. The number of ether oxygens (including phenoxy) is 1. The Morgan fingerprint density at radius 1 is 1.43 bits per heavy atom. The number of hydrogen-bond donors (Lipinski definition) is 0. The molecule has 21 heavy (non-hydrogen) atoms. The second-order valence-electron chi connectivity index (χ2n) is 6.01. The van der Waals surface area contributed by atoms with Crippen LogP contribution in [-0.2, 0) is 14.3 Å². The number of hydrogen-bond acceptors (Lipinski definition) is 4. The summed E-state index contributed by atoms with van der Waals surface area (Å²) in [4.78, 5) is 27.8. The van der Waals surface area contributed by atoms with Gasteiger partial charge in [0.25, 0.3) is 0 Å². The summed E-state index contributed by atoms with van der Waals surface area (Å²) in [6.45, 7) is 5.82. The molecule has 5 nitrogen and oxygen atoms in total. The molecule has 1 atom stereocenters. The summed E-state index contributed by atoms with van der Waals surface area (Å²) in [5.41, 5.74) is 0. The number of amides is 2. The van der Waals surface area contributed by atoms with Crippen LogP contribution in [0.1, 0.15) is 39.5 Å². The van der Waals surface area contributed by atoms with Crippen molar-refractivity contribution in [3.8, 4) is 0 Å². The van der Waals surface area contributed by atoms with Crippen LogP contribution >= 0.6 is 11.8 Å². The first-order valence-electron chi connectivity index (χ1n) is 7.84. The van der Waals surface area contributed by atoms with Crippen molar-refractivity contribution in [1.82, 2.24) is 9.80 Å². The van der Waals surface area contributed by atoms with E-state index in [2.05, 4.69) is 0 Å². The van der Waals surface area contributed by atoms with Gasteiger partial charge in [0.15, 0.2) is 0 Å². The Kier molecular flexibility index (Phi) is 6.36. The highest BCUT2D eigenvalue weighted by Gasteiger charge is 2.30. The Hall–Kier alpha value is -0.750. The van der Waals surface area contributed by atoms with Crippen molar-refractivity contribution in [3.63, 3.8) is 0 Å². The topological polar surface area (TPSA) is 49.9 Å². The van der Waals surface area contributed by atoms with E-state index in [4.69, 9.17) is 4.74 Å². The second-order valence-corrected chi connectivity index (χ2v) is 6.97. The molecule has 120 valence electrons. The summed E-state index contributed by atoms with van der Waals surface area (Å²) in [5.74, 6) is 1.35. The fourth-order valence-corrected chi connectivity index (χ4v) is 3.77. The van der Waals surface area contributed by atoms with Gasteiger partial charge in [-0.15, -0.1) is 11.8 Å². The molecule has 0 radical (unpaired) electrons. The second kappa shape index (κ2) is 8.03. The summed E-state index contributed by atoms with van der Waals surface area (Å²) in [6.07, 6.45) is 4.42. The SMILES string of the molecule is CC(C)OCC[C@@H]1CCCCN1C(=O)CN1CSCC1=O. The molecule has 2 rings (SSSR count). The van der Waals surface area contributed by atoms with Crippen molar-refractivity contribution in [2.75, 3.05) is 31.3 Å². The average molecular weight is 314 g/mol. The van der Waals surface area contributed by atoms with E-state index in [1.54, 1.807) is 16.7 Å². The number of likely N-dealkylation sites (tertiary alicyclic amines) is 1. The maximum absolute atomic E-state index is 12.5. The van der Waals surface area contributed by atoms with Crippen LogP contribution in [0.4, 0.5) is 0 Å². The molecule has 2 amide bonds. The highest BCUT2D eigenvalue weighted by molar-refractivity contribution is 8.00. The summed E-state index contributed by atoms with van der Waals surface area (Å²) in [6, 6.07) is 0.273. The molecule has 2 aliphatic rings. The highest BCUT2D eigenvalue weighted by Crippen LogP contribution is 2.21. The number of carbonyl (C=O) groups excluding carboxylic acids is 2. The summed E-state index contributed by atoms with van der Waals surface area (Å²) in [5, 5.41) is 0. The molecule has 2 saturated heterocycles. The van der Waals surface area contributed by atoms with E-state index < -0.39 is 0 Å². The molecule has 2 fully saturated rings. The zero-order valence-electron chi connectivity index (χ0n) is 13.0. The van der Waals surface area contributed by atoms with Gasteiger partial charge in [-0.05, 0) is 39.5 Å². The van der Waals surface area contributed by atoms with E-state index in [-0.39, 0.29) is 30.5 Å². The van der Waals surface area contributed by atoms with Crippen LogP contribution in [0.3, 0.4) is 0 Å². The van der Waals surface area contributed by atoms with Crippen molar-refractivity contribution in [1.29, 1.82) is 0 Å². The molecule has 0 aromatic carbocycles. The van der Waals surface area contributed by atoms with Gasteiger partial charge in [-0.1, -0.05) is 0 Å². The van der Waals surface area contributed by atoms with Crippen LogP contribution < -0.4 is 0 Å². The maximum atomic E-state index is 12.5. The minimum Gasteiger partial charge on any atom is -0.379 e. The Balaban J connectivity index is 1.84. The summed E-state index contributed by atoms with van der Waals surface area (Å²) >= 11 is 1.58. The molecular weight excluding hydrogens is 288 g/mol.